The molecule has 0 aliphatic carbocycles. The molecule has 0 aliphatic rings. The lowest BCUT2D eigenvalue weighted by Gasteiger charge is -2.12. The number of aryl methyl sites for hydroxylation is 2. The molecule has 2 heterocycles. The van der Waals surface area contributed by atoms with Crippen molar-refractivity contribution in [2.45, 2.75) is 20.8 Å². The summed E-state index contributed by atoms with van der Waals surface area (Å²) < 4.78 is 0. The van der Waals surface area contributed by atoms with Gasteiger partial charge in [-0.25, -0.2) is 15.0 Å². The topological polar surface area (TPSA) is 106 Å². The third kappa shape index (κ3) is 3.59. The van der Waals surface area contributed by atoms with Crippen LogP contribution in [0.1, 0.15) is 16.8 Å². The predicted octanol–water partition coefficient (Wildman–Crippen LogP) is 4.19. The highest BCUT2D eigenvalue weighted by atomic mass is 16.6. The second-order valence-electron chi connectivity index (χ2n) is 5.84. The molecule has 0 spiro atoms. The van der Waals surface area contributed by atoms with Crippen molar-refractivity contribution in [3.05, 3.63) is 69.7 Å². The number of rotatable bonds is 5. The highest BCUT2D eigenvalue weighted by molar-refractivity contribution is 5.77. The lowest BCUT2D eigenvalue weighted by atomic mass is 10.1. The van der Waals surface area contributed by atoms with Gasteiger partial charge in [0.25, 0.3) is 0 Å². The van der Waals surface area contributed by atoms with Crippen LogP contribution in [0.25, 0.3) is 0 Å². The summed E-state index contributed by atoms with van der Waals surface area (Å²) in [6.45, 7) is 5.76. The highest BCUT2D eigenvalue weighted by Crippen LogP contribution is 2.33. The number of pyridine rings is 1. The smallest absolute Gasteiger partial charge is 0.334 e. The number of nitrogens with zero attached hydrogens (tertiary/aromatic N) is 4. The van der Waals surface area contributed by atoms with E-state index in [0.717, 1.165) is 22.5 Å². The summed E-state index contributed by atoms with van der Waals surface area (Å²) in [6.07, 6.45) is 1.28. The van der Waals surface area contributed by atoms with E-state index in [1.807, 2.05) is 51.1 Å². The van der Waals surface area contributed by atoms with E-state index in [2.05, 4.69) is 25.6 Å². The average molecular weight is 350 g/mol. The third-order valence-corrected chi connectivity index (χ3v) is 4.00. The molecule has 0 fully saturated rings. The molecule has 0 saturated carbocycles. The Hall–Kier alpha value is -3.55. The zero-order valence-electron chi connectivity index (χ0n) is 14.6. The van der Waals surface area contributed by atoms with E-state index in [1.165, 1.54) is 6.33 Å². The van der Waals surface area contributed by atoms with E-state index >= 15 is 0 Å². The van der Waals surface area contributed by atoms with Crippen LogP contribution >= 0.6 is 0 Å². The molecule has 8 heteroatoms. The fourth-order valence-corrected chi connectivity index (χ4v) is 2.48. The van der Waals surface area contributed by atoms with Gasteiger partial charge in [-0.3, -0.25) is 10.1 Å². The van der Waals surface area contributed by atoms with Crippen molar-refractivity contribution < 1.29 is 4.92 Å². The molecule has 0 amide bonds. The molecule has 0 unspecified atom stereocenters. The van der Waals surface area contributed by atoms with Gasteiger partial charge in [0, 0.05) is 11.4 Å². The first-order valence-corrected chi connectivity index (χ1v) is 7.99. The Bertz CT molecular complexity index is 974. The van der Waals surface area contributed by atoms with Crippen molar-refractivity contribution >= 4 is 28.8 Å². The van der Waals surface area contributed by atoms with Gasteiger partial charge in [0.1, 0.15) is 12.1 Å². The Kier molecular flexibility index (Phi) is 4.74. The van der Waals surface area contributed by atoms with Crippen molar-refractivity contribution in [2.24, 2.45) is 0 Å². The van der Waals surface area contributed by atoms with Crippen molar-refractivity contribution in [2.75, 3.05) is 10.6 Å². The number of hydrogen-bond donors (Lipinski definition) is 2. The van der Waals surface area contributed by atoms with Gasteiger partial charge < -0.3 is 10.6 Å². The normalized spacial score (nSPS) is 10.4. The molecule has 0 radical (unpaired) electrons. The quantitative estimate of drug-likeness (QED) is 0.525. The molecular formula is C18H18N6O2. The van der Waals surface area contributed by atoms with Crippen LogP contribution in [0.2, 0.25) is 0 Å². The minimum absolute atomic E-state index is 0.0795. The standard InChI is InChI=1S/C18H18N6O2/c1-11-6-4-8-14(13(11)3)22-17-16(24(25)26)18(20-10-19-17)23-15-9-5-7-12(2)21-15/h4-10H,1-3H3,(H2,19,20,21,22,23). The summed E-state index contributed by atoms with van der Waals surface area (Å²) in [5, 5.41) is 17.6. The largest absolute Gasteiger partial charge is 0.353 e. The van der Waals surface area contributed by atoms with Crippen molar-refractivity contribution in [1.29, 1.82) is 0 Å². The molecule has 0 saturated heterocycles. The number of benzene rings is 1. The first-order valence-electron chi connectivity index (χ1n) is 7.99. The van der Waals surface area contributed by atoms with Gasteiger partial charge in [0.2, 0.25) is 11.6 Å². The Balaban J connectivity index is 2.01. The van der Waals surface area contributed by atoms with Crippen LogP contribution in [-0.2, 0) is 0 Å². The van der Waals surface area contributed by atoms with E-state index in [1.54, 1.807) is 6.07 Å². The van der Waals surface area contributed by atoms with Crippen molar-refractivity contribution in [3.63, 3.8) is 0 Å². The molecule has 3 rings (SSSR count). The third-order valence-electron chi connectivity index (χ3n) is 4.00. The summed E-state index contributed by atoms with van der Waals surface area (Å²) in [6, 6.07) is 11.1. The van der Waals surface area contributed by atoms with E-state index in [0.29, 0.717) is 5.82 Å². The predicted molar refractivity (Wildman–Crippen MR) is 100 cm³/mol. The first-order chi connectivity index (χ1) is 12.5. The molecule has 2 N–H and O–H groups in total. The van der Waals surface area contributed by atoms with Gasteiger partial charge in [-0.1, -0.05) is 18.2 Å². The van der Waals surface area contributed by atoms with Crippen molar-refractivity contribution in [3.8, 4) is 0 Å². The number of hydrogen-bond acceptors (Lipinski definition) is 7. The van der Waals surface area contributed by atoms with Gasteiger partial charge in [0.15, 0.2) is 0 Å². The van der Waals surface area contributed by atoms with Gasteiger partial charge in [0.05, 0.1) is 4.92 Å². The van der Waals surface area contributed by atoms with Gasteiger partial charge in [-0.2, -0.15) is 0 Å². The molecule has 3 aromatic rings. The molecule has 1 aromatic carbocycles. The van der Waals surface area contributed by atoms with Crippen LogP contribution in [-0.4, -0.2) is 19.9 Å². The fraction of sp³-hybridized carbons (Fsp3) is 0.167. The maximum absolute atomic E-state index is 11.7. The molecule has 0 atom stereocenters. The monoisotopic (exact) mass is 350 g/mol. The van der Waals surface area contributed by atoms with E-state index in [-0.39, 0.29) is 17.3 Å². The van der Waals surface area contributed by atoms with E-state index in [9.17, 15) is 10.1 Å². The Morgan fingerprint density at radius 2 is 1.65 bits per heavy atom. The molecule has 2 aromatic heterocycles. The molecule has 26 heavy (non-hydrogen) atoms. The van der Waals surface area contributed by atoms with Gasteiger partial charge >= 0.3 is 5.69 Å². The summed E-state index contributed by atoms with van der Waals surface area (Å²) >= 11 is 0. The SMILES string of the molecule is Cc1cccc(Nc2ncnc(Nc3cccc(C)c3C)c2[N+](=O)[O-])n1. The summed E-state index contributed by atoms with van der Waals surface area (Å²) in [7, 11) is 0. The molecular weight excluding hydrogens is 332 g/mol. The van der Waals surface area contributed by atoms with Crippen LogP contribution in [0.3, 0.4) is 0 Å². The Morgan fingerprint density at radius 3 is 2.35 bits per heavy atom. The lowest BCUT2D eigenvalue weighted by Crippen LogP contribution is -2.07. The average Bonchev–Trinajstić information content (AvgIpc) is 2.59. The maximum atomic E-state index is 11.7. The Morgan fingerprint density at radius 1 is 0.962 bits per heavy atom. The van der Waals surface area contributed by atoms with Crippen LogP contribution in [0.5, 0.6) is 0 Å². The van der Waals surface area contributed by atoms with Crippen LogP contribution in [0, 0.1) is 30.9 Å². The molecule has 8 nitrogen and oxygen atoms in total. The number of nitrogens with one attached hydrogen (secondary N) is 2. The first kappa shape index (κ1) is 17.3. The molecule has 0 bridgehead atoms. The lowest BCUT2D eigenvalue weighted by molar-refractivity contribution is -0.383. The second kappa shape index (κ2) is 7.14. The zero-order chi connectivity index (χ0) is 18.7. The maximum Gasteiger partial charge on any atom is 0.353 e. The molecule has 0 aliphatic heterocycles. The highest BCUT2D eigenvalue weighted by Gasteiger charge is 2.24. The minimum Gasteiger partial charge on any atom is -0.334 e. The number of aromatic nitrogens is 3. The fourth-order valence-electron chi connectivity index (χ4n) is 2.48. The molecule has 132 valence electrons. The number of anilines is 4. The Labute approximate surface area is 150 Å². The van der Waals surface area contributed by atoms with Gasteiger partial charge in [-0.05, 0) is 50.1 Å². The van der Waals surface area contributed by atoms with E-state index < -0.39 is 4.92 Å². The summed E-state index contributed by atoms with van der Waals surface area (Å²) in [4.78, 5) is 23.5. The second-order valence-corrected chi connectivity index (χ2v) is 5.84. The summed E-state index contributed by atoms with van der Waals surface area (Å²) in [5.41, 5.74) is 3.38. The van der Waals surface area contributed by atoms with E-state index in [4.69, 9.17) is 0 Å². The summed E-state index contributed by atoms with van der Waals surface area (Å²) in [5.74, 6) is 0.675. The van der Waals surface area contributed by atoms with Crippen LogP contribution in [0.4, 0.5) is 28.8 Å². The zero-order valence-corrected chi connectivity index (χ0v) is 14.6. The minimum atomic E-state index is -0.508. The van der Waals surface area contributed by atoms with Crippen LogP contribution in [0.15, 0.2) is 42.7 Å². The van der Waals surface area contributed by atoms with Crippen LogP contribution < -0.4 is 10.6 Å². The van der Waals surface area contributed by atoms with Gasteiger partial charge in [-0.15, -0.1) is 0 Å². The number of nitro groups is 1. The van der Waals surface area contributed by atoms with Crippen molar-refractivity contribution in [1.82, 2.24) is 15.0 Å².